The second kappa shape index (κ2) is 29.3. The fourth-order valence-corrected chi connectivity index (χ4v) is 0. The van der Waals surface area contributed by atoms with Crippen molar-refractivity contribution >= 4 is 247 Å². The van der Waals surface area contributed by atoms with Crippen LogP contribution in [0.25, 0.3) is 0 Å². The third-order valence-electron chi connectivity index (χ3n) is 0. The standard InChI is InChI=1S/4AsH3O4.5Ca/c4*2-1(3,4)5;;;;;/h4*(H3,2,3,4,5);;;;;/q;;;;5*+2/p-10. The van der Waals surface area contributed by atoms with Gasteiger partial charge in [0.15, 0.2) is 0 Å². The Hall–Kier alpha value is 7.25. The van der Waals surface area contributed by atoms with Gasteiger partial charge in [-0.15, -0.1) is 0 Å². The summed E-state index contributed by atoms with van der Waals surface area (Å²) in [6, 6.07) is 0. The molecule has 0 amide bonds. The zero-order chi connectivity index (χ0) is 18.0. The molecule has 0 aliphatic rings. The van der Waals surface area contributed by atoms with Crippen LogP contribution in [-0.2, 0) is 15.0 Å². The maximum Gasteiger partial charge on any atom is 2.00 e. The summed E-state index contributed by atoms with van der Waals surface area (Å²) in [5.74, 6) is 0. The molecule has 0 radical (unpaired) electrons. The van der Waals surface area contributed by atoms with Gasteiger partial charge in [-0.25, -0.2) is 0 Å². The quantitative estimate of drug-likeness (QED) is 0.217. The fourth-order valence-electron chi connectivity index (χ4n) is 0. The summed E-state index contributed by atoms with van der Waals surface area (Å²) in [5.41, 5.74) is 0. The molecule has 0 atom stereocenters. The van der Waals surface area contributed by atoms with Crippen LogP contribution in [0.15, 0.2) is 0 Å². The molecule has 16 nitrogen and oxygen atoms in total. The van der Waals surface area contributed by atoms with Gasteiger partial charge in [0.05, 0.1) is 0 Å². The van der Waals surface area contributed by atoms with Crippen molar-refractivity contribution in [3.8, 4) is 0 Å². The van der Waals surface area contributed by atoms with E-state index in [1.807, 2.05) is 0 Å². The van der Waals surface area contributed by atoms with Crippen LogP contribution in [0.1, 0.15) is 0 Å². The second-order valence-corrected chi connectivity index (χ2v) is 9.52. The summed E-state index contributed by atoms with van der Waals surface area (Å²) < 4.78 is 135. The molecule has 0 aliphatic heterocycles. The van der Waals surface area contributed by atoms with Crippen molar-refractivity contribution < 1.29 is 64.1 Å². The van der Waals surface area contributed by atoms with Crippen LogP contribution >= 0.6 is 0 Å². The average molecular weight is 758 g/mol. The van der Waals surface area contributed by atoms with Gasteiger partial charge in [0.25, 0.3) is 0 Å². The molecule has 0 aromatic carbocycles. The maximum atomic E-state index is 8.72. The first-order chi connectivity index (χ1) is 8.00. The molecule has 0 saturated carbocycles. The zero-order valence-corrected chi connectivity index (χ0v) is 30.5. The van der Waals surface area contributed by atoms with Crippen LogP contribution in [-0.4, -0.2) is 255 Å². The van der Waals surface area contributed by atoms with Gasteiger partial charge in [0, 0.05) is 0 Å². The Bertz CT molecular complexity index is 297. The van der Waals surface area contributed by atoms with Gasteiger partial charge in [-0.3, -0.25) is 0 Å². The Morgan fingerprint density at radius 2 is 0.400 bits per heavy atom. The molecular formula is H2As4Ca5O16. The molecule has 2 N–H and O–H groups in total. The first kappa shape index (κ1) is 58.3. The first-order valence-electron chi connectivity index (χ1n) is 2.96. The van der Waals surface area contributed by atoms with Crippen LogP contribution in [0.3, 0.4) is 0 Å². The van der Waals surface area contributed by atoms with Crippen LogP contribution in [0.4, 0.5) is 0 Å². The third kappa shape index (κ3) is 508. The molecule has 0 rings (SSSR count). The van der Waals surface area contributed by atoms with Gasteiger partial charge in [-0.1, -0.05) is 0 Å². The molecule has 0 fully saturated rings. The molecule has 0 saturated heterocycles. The SMILES string of the molecule is O=[As]([O-])([O-])O.O=[As]([O-])([O-])O.O=[As]([O-])([O-])[O-].O=[As]([O-])([O-])[O-].[Ca+2].[Ca+2].[Ca+2].[Ca+2].[Ca+2]. The second-order valence-electron chi connectivity index (χ2n) is 1.83. The van der Waals surface area contributed by atoms with E-state index < -0.39 is 58.1 Å². The zero-order valence-electron chi connectivity index (χ0n) is 11.9. The number of hydrogen-bond acceptors (Lipinski definition) is 14. The molecule has 0 spiro atoms. The number of rotatable bonds is 0. The molecule has 0 unspecified atom stereocenters. The molecular weight excluding hydrogens is 756 g/mol. The Kier molecular flexibility index (Phi) is 68.2. The van der Waals surface area contributed by atoms with E-state index in [0.717, 1.165) is 0 Å². The average Bonchev–Trinajstić information content (AvgIpc) is 1.62. The van der Waals surface area contributed by atoms with E-state index >= 15 is 0 Å². The normalized spacial score (nSPS) is 9.44. The third-order valence-corrected chi connectivity index (χ3v) is 0. The summed E-state index contributed by atoms with van der Waals surface area (Å²) in [4.78, 5) is 0. The fraction of sp³-hybridized carbons (Fsp3) is 0. The van der Waals surface area contributed by atoms with Crippen molar-refractivity contribution in [2.75, 3.05) is 0 Å². The van der Waals surface area contributed by atoms with Gasteiger partial charge in [0.2, 0.25) is 0 Å². The van der Waals surface area contributed by atoms with Crippen LogP contribution in [0.2, 0.25) is 0 Å². The van der Waals surface area contributed by atoms with Crippen molar-refractivity contribution in [2.24, 2.45) is 0 Å². The molecule has 25 heteroatoms. The van der Waals surface area contributed by atoms with Crippen LogP contribution in [0, 0.1) is 0 Å². The predicted octanol–water partition coefficient (Wildman–Crippen LogP) is -16.9. The van der Waals surface area contributed by atoms with Gasteiger partial charge in [-0.2, -0.15) is 0 Å². The Morgan fingerprint density at radius 3 is 0.400 bits per heavy atom. The smallest absolute Gasteiger partial charge is 2.00 e. The summed E-state index contributed by atoms with van der Waals surface area (Å²) in [5, 5.41) is 0. The van der Waals surface area contributed by atoms with Crippen molar-refractivity contribution in [1.29, 1.82) is 0 Å². The van der Waals surface area contributed by atoms with E-state index in [1.54, 1.807) is 0 Å². The topological polar surface area (TPSA) is 339 Å². The summed E-state index contributed by atoms with van der Waals surface area (Å²) in [6.07, 6.45) is 0. The largest absolute Gasteiger partial charge is 2.00 e. The van der Waals surface area contributed by atoms with Crippen molar-refractivity contribution in [3.63, 3.8) is 0 Å². The van der Waals surface area contributed by atoms with E-state index in [0.29, 0.717) is 0 Å². The van der Waals surface area contributed by atoms with Gasteiger partial charge < -0.3 is 0 Å². The van der Waals surface area contributed by atoms with Crippen molar-refractivity contribution in [1.82, 2.24) is 0 Å². The van der Waals surface area contributed by atoms with Gasteiger partial charge in [-0.05, 0) is 0 Å². The molecule has 0 bridgehead atoms. The summed E-state index contributed by atoms with van der Waals surface area (Å²) in [6.45, 7) is 0. The van der Waals surface area contributed by atoms with E-state index in [-0.39, 0.29) is 189 Å². The Morgan fingerprint density at radius 1 is 0.400 bits per heavy atom. The summed E-state index contributed by atoms with van der Waals surface area (Å²) >= 11 is -23.0. The van der Waals surface area contributed by atoms with Crippen LogP contribution < -0.4 is 41.0 Å². The number of hydrogen-bond donors (Lipinski definition) is 2. The molecule has 0 aromatic heterocycles. The monoisotopic (exact) mass is 757 g/mol. The molecule has 25 heavy (non-hydrogen) atoms. The first-order valence-corrected chi connectivity index (χ1v) is 15.4. The van der Waals surface area contributed by atoms with Gasteiger partial charge in [0.1, 0.15) is 0 Å². The Balaban J connectivity index is -0.0000000183. The van der Waals surface area contributed by atoms with E-state index in [1.165, 1.54) is 0 Å². The van der Waals surface area contributed by atoms with Crippen molar-refractivity contribution in [3.05, 3.63) is 0 Å². The maximum absolute atomic E-state index is 8.72. The molecule has 0 aromatic rings. The molecule has 0 aliphatic carbocycles. The van der Waals surface area contributed by atoms with Gasteiger partial charge >= 0.3 is 311 Å². The van der Waals surface area contributed by atoms with Crippen molar-refractivity contribution in [2.45, 2.75) is 0 Å². The predicted molar refractivity (Wildman–Crippen MR) is 59.0 cm³/mol. The van der Waals surface area contributed by atoms with E-state index in [4.69, 9.17) is 64.1 Å². The van der Waals surface area contributed by atoms with Crippen LogP contribution in [0.5, 0.6) is 0 Å². The van der Waals surface area contributed by atoms with E-state index in [2.05, 4.69) is 0 Å². The Labute approximate surface area is 302 Å². The minimum absolute atomic E-state index is 0. The minimum Gasteiger partial charge on any atom is 2.00 e. The summed E-state index contributed by atoms with van der Waals surface area (Å²) in [7, 11) is 0. The minimum atomic E-state index is -5.88. The van der Waals surface area contributed by atoms with E-state index in [9.17, 15) is 0 Å². The molecule has 128 valence electrons. The molecule has 0 heterocycles.